The van der Waals surface area contributed by atoms with Crippen LogP contribution in [-0.2, 0) is 11.2 Å². The zero-order valence-electron chi connectivity index (χ0n) is 20.1. The van der Waals surface area contributed by atoms with E-state index in [2.05, 4.69) is 36.3 Å². The Bertz CT molecular complexity index is 1080. The number of hydrogen-bond acceptors (Lipinski definition) is 6. The zero-order chi connectivity index (χ0) is 24.0. The molecule has 0 saturated heterocycles. The molecule has 1 unspecified atom stereocenters. The predicted molar refractivity (Wildman–Crippen MR) is 132 cm³/mol. The lowest BCUT2D eigenvalue weighted by atomic mass is 10.1. The van der Waals surface area contributed by atoms with Gasteiger partial charge in [-0.05, 0) is 69.5 Å². The molecule has 0 aliphatic rings. The molecule has 1 aromatic heterocycles. The highest BCUT2D eigenvalue weighted by molar-refractivity contribution is 7.99. The molecule has 3 aromatic rings. The minimum atomic E-state index is -0.310. The molecule has 1 N–H and O–H groups in total. The molecule has 1 atom stereocenters. The van der Waals surface area contributed by atoms with Crippen LogP contribution in [0.5, 0.6) is 11.5 Å². The van der Waals surface area contributed by atoms with Crippen LogP contribution in [0, 0.1) is 6.92 Å². The second kappa shape index (κ2) is 11.2. The van der Waals surface area contributed by atoms with Crippen LogP contribution in [0.4, 0.5) is 5.69 Å². The maximum Gasteiger partial charge on any atom is 0.234 e. The number of benzene rings is 2. The van der Waals surface area contributed by atoms with Gasteiger partial charge in [0.05, 0.1) is 12.9 Å². The summed E-state index contributed by atoms with van der Waals surface area (Å²) in [5, 5.41) is 12.5. The van der Waals surface area contributed by atoms with E-state index in [9.17, 15) is 4.79 Å². The van der Waals surface area contributed by atoms with E-state index >= 15 is 0 Å². The van der Waals surface area contributed by atoms with E-state index in [0.717, 1.165) is 40.6 Å². The number of nitrogens with one attached hydrogen (secondary N) is 1. The fraction of sp³-hybridized carbons (Fsp3) is 0.400. The molecule has 3 rings (SSSR count). The molecule has 0 fully saturated rings. The Kier molecular flexibility index (Phi) is 8.38. The van der Waals surface area contributed by atoms with Crippen molar-refractivity contribution in [2.75, 3.05) is 18.2 Å². The Labute approximate surface area is 199 Å². The summed E-state index contributed by atoms with van der Waals surface area (Å²) < 4.78 is 13.3. The first kappa shape index (κ1) is 24.6. The molecule has 176 valence electrons. The Morgan fingerprint density at radius 1 is 1.09 bits per heavy atom. The van der Waals surface area contributed by atoms with Crippen LogP contribution in [0.25, 0.3) is 0 Å². The lowest BCUT2D eigenvalue weighted by Gasteiger charge is -2.19. The van der Waals surface area contributed by atoms with E-state index < -0.39 is 0 Å². The van der Waals surface area contributed by atoms with Crippen molar-refractivity contribution in [3.63, 3.8) is 0 Å². The van der Waals surface area contributed by atoms with Gasteiger partial charge in [-0.2, -0.15) is 0 Å². The molecule has 0 aliphatic carbocycles. The highest BCUT2D eigenvalue weighted by Crippen LogP contribution is 2.29. The maximum absolute atomic E-state index is 12.7. The standard InChI is InChI=1S/C25H32N4O3S/c1-7-19-10-8-9-17(4)23(19)26-22(30)15-33-25-28-27-24(29(25)16(2)3)18(5)32-21-13-11-20(31-6)12-14-21/h8-14,16,18H,7,15H2,1-6H3,(H,26,30). The number of hydrogen-bond donors (Lipinski definition) is 1. The van der Waals surface area contributed by atoms with Crippen LogP contribution in [0.2, 0.25) is 0 Å². The first-order valence-electron chi connectivity index (χ1n) is 11.1. The van der Waals surface area contributed by atoms with Gasteiger partial charge in [0.25, 0.3) is 0 Å². The van der Waals surface area contributed by atoms with Gasteiger partial charge < -0.3 is 19.4 Å². The molecule has 1 heterocycles. The van der Waals surface area contributed by atoms with Crippen molar-refractivity contribution in [2.45, 2.75) is 58.3 Å². The van der Waals surface area contributed by atoms with Crippen molar-refractivity contribution in [1.29, 1.82) is 0 Å². The summed E-state index contributed by atoms with van der Waals surface area (Å²) in [6, 6.07) is 13.6. The number of aromatic nitrogens is 3. The van der Waals surface area contributed by atoms with Gasteiger partial charge in [0.15, 0.2) is 17.1 Å². The van der Waals surface area contributed by atoms with Gasteiger partial charge in [0.1, 0.15) is 11.5 Å². The van der Waals surface area contributed by atoms with Crippen LogP contribution in [0.1, 0.15) is 56.8 Å². The highest BCUT2D eigenvalue weighted by Gasteiger charge is 2.22. The third-order valence-corrected chi connectivity index (χ3v) is 6.22. The van der Waals surface area contributed by atoms with E-state index in [1.165, 1.54) is 11.8 Å². The number of aryl methyl sites for hydroxylation is 2. The van der Waals surface area contributed by atoms with E-state index in [4.69, 9.17) is 9.47 Å². The SMILES string of the molecule is CCc1cccc(C)c1NC(=O)CSc1nnc(C(C)Oc2ccc(OC)cc2)n1C(C)C. The molecule has 2 aromatic carbocycles. The number of anilines is 1. The fourth-order valence-electron chi connectivity index (χ4n) is 3.57. The zero-order valence-corrected chi connectivity index (χ0v) is 20.9. The second-order valence-corrected chi connectivity index (χ2v) is 8.98. The molecule has 0 bridgehead atoms. The second-order valence-electron chi connectivity index (χ2n) is 8.04. The van der Waals surface area contributed by atoms with E-state index in [-0.39, 0.29) is 23.8 Å². The molecule has 7 nitrogen and oxygen atoms in total. The van der Waals surface area contributed by atoms with Crippen molar-refractivity contribution in [2.24, 2.45) is 0 Å². The van der Waals surface area contributed by atoms with Gasteiger partial charge in [-0.25, -0.2) is 0 Å². The highest BCUT2D eigenvalue weighted by atomic mass is 32.2. The fourth-order valence-corrected chi connectivity index (χ4v) is 4.44. The number of nitrogens with zero attached hydrogens (tertiary/aromatic N) is 3. The topological polar surface area (TPSA) is 78.3 Å². The number of carbonyl (C=O) groups excluding carboxylic acids is 1. The number of thioether (sulfide) groups is 1. The van der Waals surface area contributed by atoms with Gasteiger partial charge in [-0.1, -0.05) is 36.9 Å². The molecule has 0 aliphatic heterocycles. The largest absolute Gasteiger partial charge is 0.497 e. The molecule has 1 amide bonds. The number of amides is 1. The van der Waals surface area contributed by atoms with Crippen LogP contribution in [0.3, 0.4) is 0 Å². The van der Waals surface area contributed by atoms with Crippen LogP contribution >= 0.6 is 11.8 Å². The Hall–Kier alpha value is -3.00. The molecule has 0 radical (unpaired) electrons. The summed E-state index contributed by atoms with van der Waals surface area (Å²) in [6.07, 6.45) is 0.553. The molecule has 33 heavy (non-hydrogen) atoms. The van der Waals surface area contributed by atoms with Gasteiger partial charge in [-0.3, -0.25) is 4.79 Å². The monoisotopic (exact) mass is 468 g/mol. The molecule has 0 saturated carbocycles. The summed E-state index contributed by atoms with van der Waals surface area (Å²) in [5.74, 6) is 2.40. The first-order chi connectivity index (χ1) is 15.8. The van der Waals surface area contributed by atoms with Crippen LogP contribution in [0.15, 0.2) is 47.6 Å². The Balaban J connectivity index is 1.69. The van der Waals surface area contributed by atoms with E-state index in [1.54, 1.807) is 7.11 Å². The smallest absolute Gasteiger partial charge is 0.234 e. The third-order valence-electron chi connectivity index (χ3n) is 5.28. The maximum atomic E-state index is 12.7. The van der Waals surface area contributed by atoms with E-state index in [1.807, 2.05) is 60.9 Å². The van der Waals surface area contributed by atoms with Crippen molar-refractivity contribution in [3.8, 4) is 11.5 Å². The van der Waals surface area contributed by atoms with Crippen molar-refractivity contribution < 1.29 is 14.3 Å². The van der Waals surface area contributed by atoms with Crippen molar-refractivity contribution >= 4 is 23.4 Å². The lowest BCUT2D eigenvalue weighted by molar-refractivity contribution is -0.113. The first-order valence-corrected chi connectivity index (χ1v) is 12.1. The van der Waals surface area contributed by atoms with Gasteiger partial charge in [0, 0.05) is 11.7 Å². The summed E-state index contributed by atoms with van der Waals surface area (Å²) in [5.41, 5.74) is 3.09. The summed E-state index contributed by atoms with van der Waals surface area (Å²) in [6.45, 7) is 10.2. The molecular formula is C25H32N4O3S. The quantitative estimate of drug-likeness (QED) is 0.390. The van der Waals surface area contributed by atoms with Crippen molar-refractivity contribution in [3.05, 3.63) is 59.4 Å². The molecular weight excluding hydrogens is 436 g/mol. The third kappa shape index (κ3) is 6.07. The molecule has 8 heteroatoms. The van der Waals surface area contributed by atoms with Crippen molar-refractivity contribution in [1.82, 2.24) is 14.8 Å². The van der Waals surface area contributed by atoms with E-state index in [0.29, 0.717) is 5.16 Å². The molecule has 0 spiro atoms. The lowest BCUT2D eigenvalue weighted by Crippen LogP contribution is -2.17. The Morgan fingerprint density at radius 2 is 1.79 bits per heavy atom. The average Bonchev–Trinajstić information content (AvgIpc) is 3.24. The normalized spacial score (nSPS) is 12.0. The van der Waals surface area contributed by atoms with Gasteiger partial charge >= 0.3 is 0 Å². The number of ether oxygens (including phenoxy) is 2. The van der Waals surface area contributed by atoms with Gasteiger partial charge in [-0.15, -0.1) is 10.2 Å². The van der Waals surface area contributed by atoms with Crippen LogP contribution < -0.4 is 14.8 Å². The number of rotatable bonds is 10. The summed E-state index contributed by atoms with van der Waals surface area (Å²) in [7, 11) is 1.63. The summed E-state index contributed by atoms with van der Waals surface area (Å²) in [4.78, 5) is 12.7. The number of methoxy groups -OCH3 is 1. The number of para-hydroxylation sites is 1. The van der Waals surface area contributed by atoms with Gasteiger partial charge in [0.2, 0.25) is 5.91 Å². The summed E-state index contributed by atoms with van der Waals surface area (Å²) >= 11 is 1.38. The predicted octanol–water partition coefficient (Wildman–Crippen LogP) is 5.61. The Morgan fingerprint density at radius 3 is 2.42 bits per heavy atom. The van der Waals surface area contributed by atoms with Crippen LogP contribution in [-0.4, -0.2) is 33.5 Å². The number of carbonyl (C=O) groups is 1. The average molecular weight is 469 g/mol. The minimum Gasteiger partial charge on any atom is -0.497 e. The minimum absolute atomic E-state index is 0.0635.